The minimum Gasteiger partial charge on any atom is -0.399 e. The molecule has 1 saturated carbocycles. The largest absolute Gasteiger partial charge is 0.399 e. The summed E-state index contributed by atoms with van der Waals surface area (Å²) in [4.78, 5) is 19.8. The second-order valence-corrected chi connectivity index (χ2v) is 8.95. The molecule has 3 aromatic rings. The van der Waals surface area contributed by atoms with Gasteiger partial charge in [-0.1, -0.05) is 24.6 Å². The van der Waals surface area contributed by atoms with E-state index in [1.165, 1.54) is 36.7 Å². The lowest BCUT2D eigenvalue weighted by Crippen LogP contribution is -2.38. The van der Waals surface area contributed by atoms with E-state index in [2.05, 4.69) is 40.3 Å². The highest BCUT2D eigenvalue weighted by Gasteiger charge is 2.29. The molecule has 0 atom stereocenters. The molecule has 6 nitrogen and oxygen atoms in total. The Kier molecular flexibility index (Phi) is 5.22. The van der Waals surface area contributed by atoms with Crippen molar-refractivity contribution in [2.45, 2.75) is 50.9 Å². The number of aromatic nitrogens is 3. The summed E-state index contributed by atoms with van der Waals surface area (Å²) < 4.78 is 0. The highest BCUT2D eigenvalue weighted by molar-refractivity contribution is 5.97. The smallest absolute Gasteiger partial charge is 0.254 e. The number of anilines is 1. The number of rotatable bonds is 4. The molecule has 3 N–H and O–H groups in total. The standard InChI is InChI=1S/C25H29N5O/c1-16-13-22(19-3-2-4-19)23(24-27-15-28-29-24)14-21(16)25(31)30-11-9-18(10-12-30)17-5-7-20(26)8-6-17/h5-8,13-15,18-19H,2-4,9-12,26H2,1H3,(H,27,28,29). The van der Waals surface area contributed by atoms with Gasteiger partial charge in [0, 0.05) is 29.9 Å². The second kappa shape index (κ2) is 8.17. The van der Waals surface area contributed by atoms with Crippen LogP contribution in [0.1, 0.15) is 71.0 Å². The Bertz CT molecular complexity index is 1060. The van der Waals surface area contributed by atoms with Crippen LogP contribution in [-0.2, 0) is 0 Å². The van der Waals surface area contributed by atoms with E-state index < -0.39 is 0 Å². The van der Waals surface area contributed by atoms with E-state index in [1.807, 2.05) is 23.1 Å². The first kappa shape index (κ1) is 19.8. The topological polar surface area (TPSA) is 87.9 Å². The average molecular weight is 416 g/mol. The van der Waals surface area contributed by atoms with Gasteiger partial charge in [-0.25, -0.2) is 4.98 Å². The first-order valence-electron chi connectivity index (χ1n) is 11.2. The van der Waals surface area contributed by atoms with Gasteiger partial charge in [0.1, 0.15) is 6.33 Å². The molecule has 6 heteroatoms. The molecular weight excluding hydrogens is 386 g/mol. The Morgan fingerprint density at radius 3 is 2.42 bits per heavy atom. The molecule has 0 bridgehead atoms. The number of likely N-dealkylation sites (tertiary alicyclic amines) is 1. The van der Waals surface area contributed by atoms with Crippen LogP contribution in [0, 0.1) is 6.92 Å². The zero-order valence-corrected chi connectivity index (χ0v) is 18.0. The van der Waals surface area contributed by atoms with Crippen molar-refractivity contribution in [2.24, 2.45) is 0 Å². The summed E-state index contributed by atoms with van der Waals surface area (Å²) in [5, 5.41) is 7.03. The van der Waals surface area contributed by atoms with E-state index in [0.717, 1.165) is 54.1 Å². The summed E-state index contributed by atoms with van der Waals surface area (Å²) in [6, 6.07) is 12.4. The van der Waals surface area contributed by atoms with E-state index in [0.29, 0.717) is 11.8 Å². The van der Waals surface area contributed by atoms with Gasteiger partial charge in [0.15, 0.2) is 5.82 Å². The molecule has 1 amide bonds. The molecule has 0 spiro atoms. The molecule has 1 aliphatic carbocycles. The van der Waals surface area contributed by atoms with Gasteiger partial charge in [-0.05, 0) is 79.3 Å². The number of H-pyrrole nitrogens is 1. The number of nitrogens with zero attached hydrogens (tertiary/aromatic N) is 3. The molecular formula is C25H29N5O. The van der Waals surface area contributed by atoms with Gasteiger partial charge in [0.2, 0.25) is 0 Å². The number of carbonyl (C=O) groups is 1. The molecule has 2 aromatic carbocycles. The summed E-state index contributed by atoms with van der Waals surface area (Å²) in [7, 11) is 0. The van der Waals surface area contributed by atoms with Crippen LogP contribution in [-0.4, -0.2) is 39.1 Å². The number of piperidine rings is 1. The van der Waals surface area contributed by atoms with Crippen LogP contribution < -0.4 is 5.73 Å². The van der Waals surface area contributed by atoms with Crippen molar-refractivity contribution in [2.75, 3.05) is 18.8 Å². The predicted molar refractivity (Wildman–Crippen MR) is 122 cm³/mol. The third kappa shape index (κ3) is 3.82. The van der Waals surface area contributed by atoms with Gasteiger partial charge in [-0.3, -0.25) is 9.89 Å². The molecule has 160 valence electrons. The zero-order chi connectivity index (χ0) is 21.4. The fraction of sp³-hybridized carbons (Fsp3) is 0.400. The van der Waals surface area contributed by atoms with Crippen LogP contribution in [0.4, 0.5) is 5.69 Å². The van der Waals surface area contributed by atoms with Crippen LogP contribution >= 0.6 is 0 Å². The maximum Gasteiger partial charge on any atom is 0.254 e. The SMILES string of the molecule is Cc1cc(C2CCC2)c(-c2ncn[nH]2)cc1C(=O)N1CCC(c2ccc(N)cc2)CC1. The Balaban J connectivity index is 1.37. The molecule has 5 rings (SSSR count). The number of benzene rings is 2. The lowest BCUT2D eigenvalue weighted by Gasteiger charge is -2.33. The van der Waals surface area contributed by atoms with Gasteiger partial charge >= 0.3 is 0 Å². The van der Waals surface area contributed by atoms with Crippen molar-refractivity contribution in [3.8, 4) is 11.4 Å². The quantitative estimate of drug-likeness (QED) is 0.607. The molecule has 31 heavy (non-hydrogen) atoms. The van der Waals surface area contributed by atoms with Crippen LogP contribution in [0.25, 0.3) is 11.4 Å². The summed E-state index contributed by atoms with van der Waals surface area (Å²) in [6.07, 6.45) is 7.15. The van der Waals surface area contributed by atoms with Gasteiger partial charge in [0.25, 0.3) is 5.91 Å². The van der Waals surface area contributed by atoms with Gasteiger partial charge in [0.05, 0.1) is 0 Å². The lowest BCUT2D eigenvalue weighted by atomic mass is 9.77. The Morgan fingerprint density at radius 2 is 1.81 bits per heavy atom. The average Bonchev–Trinajstić information content (AvgIpc) is 3.28. The van der Waals surface area contributed by atoms with Crippen molar-refractivity contribution < 1.29 is 4.79 Å². The van der Waals surface area contributed by atoms with E-state index in [9.17, 15) is 4.79 Å². The zero-order valence-electron chi connectivity index (χ0n) is 18.0. The van der Waals surface area contributed by atoms with E-state index in [-0.39, 0.29) is 5.91 Å². The highest BCUT2D eigenvalue weighted by atomic mass is 16.2. The Hall–Kier alpha value is -3.15. The number of carbonyl (C=O) groups excluding carboxylic acids is 1. The van der Waals surface area contributed by atoms with Gasteiger partial charge < -0.3 is 10.6 Å². The van der Waals surface area contributed by atoms with Crippen molar-refractivity contribution in [3.05, 3.63) is 65.0 Å². The monoisotopic (exact) mass is 415 g/mol. The maximum absolute atomic E-state index is 13.5. The number of nitrogens with one attached hydrogen (secondary N) is 1. The van der Waals surface area contributed by atoms with E-state index in [4.69, 9.17) is 5.73 Å². The molecule has 2 fully saturated rings. The van der Waals surface area contributed by atoms with Gasteiger partial charge in [-0.15, -0.1) is 0 Å². The number of hydrogen-bond donors (Lipinski definition) is 2. The normalized spacial score (nSPS) is 17.5. The number of aromatic amines is 1. The third-order valence-electron chi connectivity index (χ3n) is 7.03. The van der Waals surface area contributed by atoms with Crippen molar-refractivity contribution >= 4 is 11.6 Å². The summed E-state index contributed by atoms with van der Waals surface area (Å²) in [5.74, 6) is 1.90. The van der Waals surface area contributed by atoms with E-state index in [1.54, 1.807) is 0 Å². The Morgan fingerprint density at radius 1 is 1.06 bits per heavy atom. The summed E-state index contributed by atoms with van der Waals surface area (Å²) in [6.45, 7) is 3.60. The molecule has 1 aliphatic heterocycles. The molecule has 2 heterocycles. The van der Waals surface area contributed by atoms with Crippen molar-refractivity contribution in [1.82, 2.24) is 20.1 Å². The second-order valence-electron chi connectivity index (χ2n) is 8.95. The summed E-state index contributed by atoms with van der Waals surface area (Å²) in [5.41, 5.74) is 12.1. The van der Waals surface area contributed by atoms with Crippen LogP contribution in [0.2, 0.25) is 0 Å². The maximum atomic E-state index is 13.5. The number of hydrogen-bond acceptors (Lipinski definition) is 4. The number of nitrogen functional groups attached to an aromatic ring is 1. The molecule has 1 saturated heterocycles. The minimum atomic E-state index is 0.120. The molecule has 1 aromatic heterocycles. The number of amides is 1. The predicted octanol–water partition coefficient (Wildman–Crippen LogP) is 4.65. The molecule has 2 aliphatic rings. The molecule has 0 radical (unpaired) electrons. The third-order valence-corrected chi connectivity index (χ3v) is 7.03. The fourth-order valence-electron chi connectivity index (χ4n) is 4.91. The van der Waals surface area contributed by atoms with Crippen LogP contribution in [0.5, 0.6) is 0 Å². The van der Waals surface area contributed by atoms with E-state index >= 15 is 0 Å². The molecule has 0 unspecified atom stereocenters. The highest BCUT2D eigenvalue weighted by Crippen LogP contribution is 2.41. The fourth-order valence-corrected chi connectivity index (χ4v) is 4.91. The lowest BCUT2D eigenvalue weighted by molar-refractivity contribution is 0.0712. The van der Waals surface area contributed by atoms with Crippen molar-refractivity contribution in [3.63, 3.8) is 0 Å². The van der Waals surface area contributed by atoms with Crippen LogP contribution in [0.3, 0.4) is 0 Å². The first-order valence-corrected chi connectivity index (χ1v) is 11.2. The Labute approximate surface area is 182 Å². The number of aryl methyl sites for hydroxylation is 1. The van der Waals surface area contributed by atoms with Crippen molar-refractivity contribution in [1.29, 1.82) is 0 Å². The van der Waals surface area contributed by atoms with Crippen LogP contribution in [0.15, 0.2) is 42.7 Å². The minimum absolute atomic E-state index is 0.120. The first-order chi connectivity index (χ1) is 15.1. The number of nitrogens with two attached hydrogens (primary N) is 1. The summed E-state index contributed by atoms with van der Waals surface area (Å²) >= 11 is 0. The van der Waals surface area contributed by atoms with Gasteiger partial charge in [-0.2, -0.15) is 5.10 Å².